The van der Waals surface area contributed by atoms with Gasteiger partial charge in [0, 0.05) is 0 Å². The standard InChI is InChI=1S/C18H15F4NO/c1-2-12-3-5-14(6-4-12)18(21,22)24-8-7-13-9-16(19)15(11-23)17(20)10-13/h3-6,9-10H,2,7-8H2,1H3. The first-order valence-corrected chi connectivity index (χ1v) is 7.36. The van der Waals surface area contributed by atoms with Crippen molar-refractivity contribution in [3.8, 4) is 6.07 Å². The lowest BCUT2D eigenvalue weighted by Crippen LogP contribution is -2.20. The molecule has 0 aliphatic heterocycles. The maximum atomic E-state index is 14.0. The van der Waals surface area contributed by atoms with E-state index in [4.69, 9.17) is 5.26 Å². The first-order chi connectivity index (χ1) is 11.4. The Hall–Kier alpha value is -2.39. The molecule has 0 radical (unpaired) electrons. The van der Waals surface area contributed by atoms with Crippen LogP contribution in [0.25, 0.3) is 0 Å². The number of rotatable bonds is 6. The third-order valence-electron chi connectivity index (χ3n) is 3.59. The SMILES string of the molecule is CCc1ccc(C(F)(F)OCCc2cc(F)c(C#N)c(F)c2)cc1. The summed E-state index contributed by atoms with van der Waals surface area (Å²) in [5.41, 5.74) is 0.0946. The molecule has 6 heteroatoms. The fourth-order valence-electron chi connectivity index (χ4n) is 2.19. The lowest BCUT2D eigenvalue weighted by Gasteiger charge is -2.17. The maximum absolute atomic E-state index is 14.0. The number of halogens is 4. The van der Waals surface area contributed by atoms with Crippen LogP contribution in [0.1, 0.15) is 29.2 Å². The Labute approximate surface area is 137 Å². The molecule has 24 heavy (non-hydrogen) atoms. The van der Waals surface area contributed by atoms with Gasteiger partial charge in [0.05, 0.1) is 12.2 Å². The topological polar surface area (TPSA) is 33.0 Å². The predicted molar refractivity (Wildman–Crippen MR) is 80.4 cm³/mol. The van der Waals surface area contributed by atoms with E-state index in [1.807, 2.05) is 6.92 Å². The van der Waals surface area contributed by atoms with Gasteiger partial charge in [-0.05, 0) is 36.1 Å². The molecule has 0 saturated heterocycles. The number of hydrogen-bond donors (Lipinski definition) is 0. The van der Waals surface area contributed by atoms with Crippen molar-refractivity contribution in [3.05, 3.63) is 70.3 Å². The summed E-state index contributed by atoms with van der Waals surface area (Å²) in [4.78, 5) is 0. The van der Waals surface area contributed by atoms with Crippen LogP contribution >= 0.6 is 0 Å². The van der Waals surface area contributed by atoms with Gasteiger partial charge < -0.3 is 4.74 Å². The molecule has 126 valence electrons. The van der Waals surface area contributed by atoms with Crippen LogP contribution in [-0.2, 0) is 23.7 Å². The van der Waals surface area contributed by atoms with Gasteiger partial charge in [-0.25, -0.2) is 8.78 Å². The van der Waals surface area contributed by atoms with Crippen LogP contribution < -0.4 is 0 Å². The number of alkyl halides is 2. The molecule has 0 heterocycles. The number of ether oxygens (including phenoxy) is 1. The van der Waals surface area contributed by atoms with Gasteiger partial charge in [0.1, 0.15) is 23.3 Å². The summed E-state index contributed by atoms with van der Waals surface area (Å²) in [7, 11) is 0. The minimum Gasteiger partial charge on any atom is -0.316 e. The fraction of sp³-hybridized carbons (Fsp3) is 0.278. The first-order valence-electron chi connectivity index (χ1n) is 7.36. The molecular weight excluding hydrogens is 322 g/mol. The van der Waals surface area contributed by atoms with Crippen LogP contribution in [-0.4, -0.2) is 6.61 Å². The molecule has 2 rings (SSSR count). The highest BCUT2D eigenvalue weighted by Crippen LogP contribution is 2.29. The van der Waals surface area contributed by atoms with E-state index in [9.17, 15) is 17.6 Å². The second kappa shape index (κ2) is 7.45. The smallest absolute Gasteiger partial charge is 0.316 e. The molecule has 0 saturated carbocycles. The molecule has 0 amide bonds. The largest absolute Gasteiger partial charge is 0.383 e. The summed E-state index contributed by atoms with van der Waals surface area (Å²) >= 11 is 0. The number of nitriles is 1. The summed E-state index contributed by atoms with van der Waals surface area (Å²) in [5, 5.41) is 8.58. The third-order valence-corrected chi connectivity index (χ3v) is 3.59. The van der Waals surface area contributed by atoms with E-state index in [-0.39, 0.29) is 17.5 Å². The Kier molecular flexibility index (Phi) is 5.58. The van der Waals surface area contributed by atoms with Crippen LogP contribution in [0.15, 0.2) is 36.4 Å². The summed E-state index contributed by atoms with van der Waals surface area (Å²) in [5.74, 6) is -2.04. The second-order valence-corrected chi connectivity index (χ2v) is 5.21. The molecular formula is C18H15F4NO. The van der Waals surface area contributed by atoms with E-state index in [0.717, 1.165) is 24.1 Å². The van der Waals surface area contributed by atoms with Crippen LogP contribution in [0.3, 0.4) is 0 Å². The quantitative estimate of drug-likeness (QED) is 0.715. The van der Waals surface area contributed by atoms with E-state index in [0.29, 0.717) is 0 Å². The average Bonchev–Trinajstić information content (AvgIpc) is 2.54. The van der Waals surface area contributed by atoms with E-state index < -0.39 is 29.9 Å². The molecule has 0 aliphatic rings. The van der Waals surface area contributed by atoms with Gasteiger partial charge in [-0.15, -0.1) is 0 Å². The van der Waals surface area contributed by atoms with E-state index in [1.165, 1.54) is 18.2 Å². The predicted octanol–water partition coefficient (Wildman–Crippen LogP) is 4.71. The fourth-order valence-corrected chi connectivity index (χ4v) is 2.19. The van der Waals surface area contributed by atoms with Crippen LogP contribution in [0.5, 0.6) is 0 Å². The Morgan fingerprint density at radius 1 is 1.04 bits per heavy atom. The normalized spacial score (nSPS) is 11.3. The van der Waals surface area contributed by atoms with Crippen molar-refractivity contribution in [2.75, 3.05) is 6.61 Å². The molecule has 2 nitrogen and oxygen atoms in total. The van der Waals surface area contributed by atoms with E-state index in [2.05, 4.69) is 4.74 Å². The number of hydrogen-bond acceptors (Lipinski definition) is 2. The van der Waals surface area contributed by atoms with Crippen molar-refractivity contribution >= 4 is 0 Å². The minimum atomic E-state index is -3.49. The lowest BCUT2D eigenvalue weighted by molar-refractivity contribution is -0.248. The number of nitrogens with zero attached hydrogens (tertiary/aromatic N) is 1. The molecule has 0 spiro atoms. The zero-order valence-electron chi connectivity index (χ0n) is 13.0. The summed E-state index contributed by atoms with van der Waals surface area (Å²) in [6.07, 6.45) is -2.86. The van der Waals surface area contributed by atoms with Gasteiger partial charge >= 0.3 is 6.11 Å². The van der Waals surface area contributed by atoms with Gasteiger partial charge in [0.25, 0.3) is 0 Å². The summed E-state index contributed by atoms with van der Waals surface area (Å²) in [6.45, 7) is 1.49. The van der Waals surface area contributed by atoms with E-state index >= 15 is 0 Å². The molecule has 2 aromatic rings. The van der Waals surface area contributed by atoms with Crippen LogP contribution in [0.2, 0.25) is 0 Å². The molecule has 0 fully saturated rings. The number of benzene rings is 2. The highest BCUT2D eigenvalue weighted by molar-refractivity contribution is 5.35. The molecule has 0 bridgehead atoms. The van der Waals surface area contributed by atoms with Gasteiger partial charge in [0.15, 0.2) is 0 Å². The van der Waals surface area contributed by atoms with Crippen molar-refractivity contribution in [2.24, 2.45) is 0 Å². The van der Waals surface area contributed by atoms with Crippen molar-refractivity contribution in [2.45, 2.75) is 25.9 Å². The zero-order chi connectivity index (χ0) is 17.7. The van der Waals surface area contributed by atoms with Crippen molar-refractivity contribution in [3.63, 3.8) is 0 Å². The minimum absolute atomic E-state index is 0.109. The molecule has 0 atom stereocenters. The van der Waals surface area contributed by atoms with Crippen LogP contribution in [0.4, 0.5) is 17.6 Å². The molecule has 0 aliphatic carbocycles. The first kappa shape index (κ1) is 18.0. The third kappa shape index (κ3) is 4.12. The maximum Gasteiger partial charge on any atom is 0.383 e. The zero-order valence-corrected chi connectivity index (χ0v) is 13.0. The highest BCUT2D eigenvalue weighted by Gasteiger charge is 2.32. The molecule has 0 aromatic heterocycles. The molecule has 0 N–H and O–H groups in total. The highest BCUT2D eigenvalue weighted by atomic mass is 19.3. The summed E-state index contributed by atoms with van der Waals surface area (Å²) in [6, 6.07) is 9.06. The van der Waals surface area contributed by atoms with Gasteiger partial charge in [-0.1, -0.05) is 31.2 Å². The number of aryl methyl sites for hydroxylation is 1. The molecule has 0 unspecified atom stereocenters. The van der Waals surface area contributed by atoms with Gasteiger partial charge in [-0.3, -0.25) is 0 Å². The van der Waals surface area contributed by atoms with Gasteiger partial charge in [0.2, 0.25) is 0 Å². The van der Waals surface area contributed by atoms with Crippen molar-refractivity contribution in [1.29, 1.82) is 5.26 Å². The summed E-state index contributed by atoms with van der Waals surface area (Å²) < 4.78 is 59.4. The Bertz CT molecular complexity index is 728. The Morgan fingerprint density at radius 3 is 2.12 bits per heavy atom. The monoisotopic (exact) mass is 337 g/mol. The second-order valence-electron chi connectivity index (χ2n) is 5.21. The van der Waals surface area contributed by atoms with Crippen molar-refractivity contribution < 1.29 is 22.3 Å². The average molecular weight is 337 g/mol. The Balaban J connectivity index is 2.01. The molecule has 2 aromatic carbocycles. The van der Waals surface area contributed by atoms with Gasteiger partial charge in [-0.2, -0.15) is 14.0 Å². The lowest BCUT2D eigenvalue weighted by atomic mass is 10.1. The Morgan fingerprint density at radius 2 is 1.62 bits per heavy atom. The van der Waals surface area contributed by atoms with E-state index in [1.54, 1.807) is 12.1 Å². The van der Waals surface area contributed by atoms with Crippen LogP contribution in [0, 0.1) is 23.0 Å². The van der Waals surface area contributed by atoms with Crippen molar-refractivity contribution in [1.82, 2.24) is 0 Å².